The van der Waals surface area contributed by atoms with Gasteiger partial charge in [0.25, 0.3) is 0 Å². The van der Waals surface area contributed by atoms with Crippen molar-refractivity contribution in [1.29, 1.82) is 0 Å². The number of hydrogen-bond donors (Lipinski definition) is 1. The largest absolute Gasteiger partial charge is 0.493 e. The van der Waals surface area contributed by atoms with E-state index in [1.54, 1.807) is 11.3 Å². The van der Waals surface area contributed by atoms with Crippen molar-refractivity contribution in [2.45, 2.75) is 52.4 Å². The van der Waals surface area contributed by atoms with E-state index in [9.17, 15) is 4.79 Å². The third-order valence-electron chi connectivity index (χ3n) is 5.99. The molecule has 1 aliphatic rings. The van der Waals surface area contributed by atoms with E-state index in [2.05, 4.69) is 45.0 Å². The third kappa shape index (κ3) is 4.41. The van der Waals surface area contributed by atoms with Crippen molar-refractivity contribution in [3.05, 3.63) is 69.2 Å². The molecule has 0 bridgehead atoms. The highest BCUT2D eigenvalue weighted by molar-refractivity contribution is 7.15. The predicted octanol–water partition coefficient (Wildman–Crippen LogP) is 5.86. The quantitative estimate of drug-likeness (QED) is 0.519. The second kappa shape index (κ2) is 8.60. The molecule has 1 heterocycles. The predicted molar refractivity (Wildman–Crippen MR) is 121 cm³/mol. The Morgan fingerprint density at radius 1 is 1.17 bits per heavy atom. The first-order valence-corrected chi connectivity index (χ1v) is 11.2. The van der Waals surface area contributed by atoms with Crippen molar-refractivity contribution in [3.8, 4) is 16.3 Å². The minimum atomic E-state index is -0.730. The normalized spacial score (nSPS) is 15.2. The number of rotatable bonds is 7. The number of fused-ring (bicyclic) bond motifs is 1. The molecule has 1 aromatic heterocycles. The summed E-state index contributed by atoms with van der Waals surface area (Å²) in [6.07, 6.45) is 2.81. The Bertz CT molecular complexity index is 1090. The minimum Gasteiger partial charge on any atom is -0.493 e. The van der Waals surface area contributed by atoms with Crippen LogP contribution in [0.3, 0.4) is 0 Å². The Balaban J connectivity index is 1.39. The van der Waals surface area contributed by atoms with Crippen molar-refractivity contribution in [3.63, 3.8) is 0 Å². The van der Waals surface area contributed by atoms with Crippen LogP contribution in [0.25, 0.3) is 10.6 Å². The van der Waals surface area contributed by atoms with E-state index >= 15 is 0 Å². The zero-order chi connectivity index (χ0) is 21.3. The average molecular weight is 422 g/mol. The van der Waals surface area contributed by atoms with Crippen LogP contribution in [-0.4, -0.2) is 22.7 Å². The summed E-state index contributed by atoms with van der Waals surface area (Å²) in [6, 6.07) is 12.6. The first-order valence-electron chi connectivity index (χ1n) is 10.4. The Morgan fingerprint density at radius 2 is 2.00 bits per heavy atom. The summed E-state index contributed by atoms with van der Waals surface area (Å²) in [4.78, 5) is 17.1. The van der Waals surface area contributed by atoms with Crippen molar-refractivity contribution < 1.29 is 14.6 Å². The summed E-state index contributed by atoms with van der Waals surface area (Å²) in [5.74, 6) is 0.256. The Hall–Kier alpha value is -2.66. The number of nitrogens with zero attached hydrogens (tertiary/aromatic N) is 1. The van der Waals surface area contributed by atoms with Crippen LogP contribution < -0.4 is 4.74 Å². The zero-order valence-corrected chi connectivity index (χ0v) is 18.5. The van der Waals surface area contributed by atoms with Gasteiger partial charge in [0.2, 0.25) is 0 Å². The molecule has 30 heavy (non-hydrogen) atoms. The number of aryl methyl sites for hydroxylation is 4. The standard InChI is InChI=1S/C25H27NO3S/c1-15-4-5-20(12-16(15)2)25-26-23(17(3)30-25)10-11-29-21-8-9-22-18(13-21)6-7-19(22)14-24(27)28/h4-5,8-9,12-13,19H,6-7,10-11,14H2,1-3H3,(H,27,28)/t19-/m0/s1. The Morgan fingerprint density at radius 3 is 2.77 bits per heavy atom. The molecular formula is C25H27NO3S. The van der Waals surface area contributed by atoms with Gasteiger partial charge in [-0.15, -0.1) is 11.3 Å². The summed E-state index contributed by atoms with van der Waals surface area (Å²) in [6.45, 7) is 6.96. The molecule has 1 N–H and O–H groups in total. The molecule has 0 saturated heterocycles. The Kier molecular flexibility index (Phi) is 5.91. The van der Waals surface area contributed by atoms with Crippen LogP contribution in [0, 0.1) is 20.8 Å². The maximum absolute atomic E-state index is 11.0. The smallest absolute Gasteiger partial charge is 0.303 e. The topological polar surface area (TPSA) is 59.4 Å². The summed E-state index contributed by atoms with van der Waals surface area (Å²) in [5, 5.41) is 10.1. The van der Waals surface area contributed by atoms with Gasteiger partial charge in [-0.3, -0.25) is 4.79 Å². The Labute approximate surface area is 181 Å². The first kappa shape index (κ1) is 20.6. The molecule has 0 aliphatic heterocycles. The number of carboxylic acids is 1. The molecule has 0 radical (unpaired) electrons. The molecule has 4 nitrogen and oxygen atoms in total. The lowest BCUT2D eigenvalue weighted by atomic mass is 9.98. The van der Waals surface area contributed by atoms with Gasteiger partial charge in [-0.2, -0.15) is 0 Å². The van der Waals surface area contributed by atoms with Crippen molar-refractivity contribution in [1.82, 2.24) is 4.98 Å². The van der Waals surface area contributed by atoms with Crippen LogP contribution in [0.15, 0.2) is 36.4 Å². The molecule has 0 unspecified atom stereocenters. The second-order valence-electron chi connectivity index (χ2n) is 8.11. The molecule has 0 saturated carbocycles. The molecule has 5 heteroatoms. The van der Waals surface area contributed by atoms with Crippen LogP contribution in [0.5, 0.6) is 5.75 Å². The highest BCUT2D eigenvalue weighted by Gasteiger charge is 2.24. The monoisotopic (exact) mass is 421 g/mol. The first-order chi connectivity index (χ1) is 14.4. The van der Waals surface area contributed by atoms with Crippen molar-refractivity contribution in [2.75, 3.05) is 6.61 Å². The van der Waals surface area contributed by atoms with E-state index in [-0.39, 0.29) is 12.3 Å². The SMILES string of the molecule is Cc1ccc(-c2nc(CCOc3ccc4c(c3)CC[C@H]4CC(=O)O)c(C)s2)cc1C. The van der Waals surface area contributed by atoms with Gasteiger partial charge in [-0.1, -0.05) is 18.2 Å². The molecule has 156 valence electrons. The van der Waals surface area contributed by atoms with Gasteiger partial charge in [0.05, 0.1) is 18.7 Å². The lowest BCUT2D eigenvalue weighted by Gasteiger charge is -2.10. The molecule has 3 aromatic rings. The van der Waals surface area contributed by atoms with E-state index in [0.717, 1.165) is 41.3 Å². The number of carboxylic acid groups (broad SMARTS) is 1. The van der Waals surface area contributed by atoms with E-state index in [0.29, 0.717) is 6.61 Å². The fraction of sp³-hybridized carbons (Fsp3) is 0.360. The summed E-state index contributed by atoms with van der Waals surface area (Å²) < 4.78 is 6.00. The maximum atomic E-state index is 11.0. The van der Waals surface area contributed by atoms with E-state index in [4.69, 9.17) is 14.8 Å². The number of aromatic nitrogens is 1. The number of aliphatic carboxylic acids is 1. The molecule has 1 aliphatic carbocycles. The molecule has 0 amide bonds. The van der Waals surface area contributed by atoms with Crippen LogP contribution in [-0.2, 0) is 17.6 Å². The van der Waals surface area contributed by atoms with Crippen LogP contribution in [0.4, 0.5) is 0 Å². The highest BCUT2D eigenvalue weighted by atomic mass is 32.1. The fourth-order valence-electron chi connectivity index (χ4n) is 4.12. The fourth-order valence-corrected chi connectivity index (χ4v) is 5.07. The number of thiazole rings is 1. The van der Waals surface area contributed by atoms with Gasteiger partial charge in [0.1, 0.15) is 10.8 Å². The van der Waals surface area contributed by atoms with Gasteiger partial charge in [-0.25, -0.2) is 4.98 Å². The number of benzene rings is 2. The maximum Gasteiger partial charge on any atom is 0.303 e. The van der Waals surface area contributed by atoms with Gasteiger partial charge in [-0.05, 0) is 80.0 Å². The lowest BCUT2D eigenvalue weighted by molar-refractivity contribution is -0.137. The number of hydrogen-bond acceptors (Lipinski definition) is 4. The highest BCUT2D eigenvalue weighted by Crippen LogP contribution is 2.37. The van der Waals surface area contributed by atoms with E-state index < -0.39 is 5.97 Å². The van der Waals surface area contributed by atoms with Gasteiger partial charge in [0, 0.05) is 16.9 Å². The minimum absolute atomic E-state index is 0.132. The van der Waals surface area contributed by atoms with E-state index in [1.807, 2.05) is 12.1 Å². The van der Waals surface area contributed by atoms with Gasteiger partial charge < -0.3 is 9.84 Å². The molecule has 0 spiro atoms. The molecule has 4 rings (SSSR count). The molecule has 0 fully saturated rings. The lowest BCUT2D eigenvalue weighted by Crippen LogP contribution is -2.04. The van der Waals surface area contributed by atoms with Gasteiger partial charge >= 0.3 is 5.97 Å². The zero-order valence-electron chi connectivity index (χ0n) is 17.7. The summed E-state index contributed by atoms with van der Waals surface area (Å²) >= 11 is 1.73. The summed E-state index contributed by atoms with van der Waals surface area (Å²) in [5.41, 5.74) is 7.24. The average Bonchev–Trinajstić information content (AvgIpc) is 3.27. The van der Waals surface area contributed by atoms with Crippen LogP contribution >= 0.6 is 11.3 Å². The molecule has 2 aromatic carbocycles. The number of ether oxygens (including phenoxy) is 1. The molecular weight excluding hydrogens is 394 g/mol. The molecule has 1 atom stereocenters. The number of carbonyl (C=O) groups is 1. The summed E-state index contributed by atoms with van der Waals surface area (Å²) in [7, 11) is 0. The second-order valence-corrected chi connectivity index (χ2v) is 9.32. The van der Waals surface area contributed by atoms with Crippen molar-refractivity contribution in [2.24, 2.45) is 0 Å². The van der Waals surface area contributed by atoms with Gasteiger partial charge in [0.15, 0.2) is 0 Å². The van der Waals surface area contributed by atoms with Crippen LogP contribution in [0.1, 0.15) is 51.6 Å². The van der Waals surface area contributed by atoms with E-state index in [1.165, 1.54) is 27.1 Å². The van der Waals surface area contributed by atoms with Crippen LogP contribution in [0.2, 0.25) is 0 Å². The van der Waals surface area contributed by atoms with Crippen molar-refractivity contribution >= 4 is 17.3 Å². The third-order valence-corrected chi connectivity index (χ3v) is 7.05.